The maximum absolute atomic E-state index is 11.5. The van der Waals surface area contributed by atoms with Gasteiger partial charge in [0.05, 0.1) is 0 Å². The molecule has 0 radical (unpaired) electrons. The quantitative estimate of drug-likeness (QED) is 0.796. The first kappa shape index (κ1) is 14.5. The monoisotopic (exact) mass is 314 g/mol. The summed E-state index contributed by atoms with van der Waals surface area (Å²) in [6.45, 7) is 3.17. The summed E-state index contributed by atoms with van der Waals surface area (Å²) in [6, 6.07) is 6.96. The van der Waals surface area contributed by atoms with Crippen LogP contribution in [-0.2, 0) is 11.3 Å². The molecule has 2 amide bonds. The zero-order valence-corrected chi connectivity index (χ0v) is 11.7. The van der Waals surface area contributed by atoms with Gasteiger partial charge in [0.15, 0.2) is 0 Å². The number of rotatable bonds is 4. The second-order valence-electron chi connectivity index (χ2n) is 4.33. The number of halogens is 1. The summed E-state index contributed by atoms with van der Waals surface area (Å²) >= 11 is 3.37. The Labute approximate surface area is 114 Å². The molecule has 0 atom stereocenters. The second-order valence-corrected chi connectivity index (χ2v) is 5.18. The van der Waals surface area contributed by atoms with E-state index < -0.39 is 17.5 Å². The minimum Gasteiger partial charge on any atom is -0.480 e. The van der Waals surface area contributed by atoms with E-state index in [1.165, 1.54) is 13.8 Å². The first-order valence-electron chi connectivity index (χ1n) is 5.36. The molecule has 18 heavy (non-hydrogen) atoms. The SMILES string of the molecule is CC(C)(NC(=O)NCc1ccccc1Br)C(=O)O. The lowest BCUT2D eigenvalue weighted by atomic mass is 10.1. The van der Waals surface area contributed by atoms with Gasteiger partial charge in [-0.1, -0.05) is 34.1 Å². The largest absolute Gasteiger partial charge is 0.480 e. The van der Waals surface area contributed by atoms with Gasteiger partial charge in [0.25, 0.3) is 0 Å². The molecule has 0 aliphatic carbocycles. The van der Waals surface area contributed by atoms with Crippen molar-refractivity contribution in [2.75, 3.05) is 0 Å². The van der Waals surface area contributed by atoms with Crippen molar-refractivity contribution in [3.8, 4) is 0 Å². The highest BCUT2D eigenvalue weighted by Crippen LogP contribution is 2.15. The highest BCUT2D eigenvalue weighted by Gasteiger charge is 2.28. The highest BCUT2D eigenvalue weighted by atomic mass is 79.9. The number of hydrogen-bond acceptors (Lipinski definition) is 2. The van der Waals surface area contributed by atoms with Crippen LogP contribution in [-0.4, -0.2) is 22.6 Å². The number of aliphatic carboxylic acids is 1. The average molecular weight is 315 g/mol. The van der Waals surface area contributed by atoms with Crippen LogP contribution in [0.4, 0.5) is 4.79 Å². The minimum absolute atomic E-state index is 0.322. The maximum atomic E-state index is 11.5. The molecule has 3 N–H and O–H groups in total. The van der Waals surface area contributed by atoms with Crippen molar-refractivity contribution in [1.29, 1.82) is 0 Å². The first-order valence-corrected chi connectivity index (χ1v) is 6.15. The molecule has 0 saturated heterocycles. The lowest BCUT2D eigenvalue weighted by Gasteiger charge is -2.21. The van der Waals surface area contributed by atoms with Crippen molar-refractivity contribution >= 4 is 27.9 Å². The first-order chi connectivity index (χ1) is 8.33. The Balaban J connectivity index is 2.53. The van der Waals surface area contributed by atoms with Gasteiger partial charge >= 0.3 is 12.0 Å². The number of carboxylic acids is 1. The summed E-state index contributed by atoms with van der Waals surface area (Å²) in [6.07, 6.45) is 0. The van der Waals surface area contributed by atoms with Crippen molar-refractivity contribution in [3.63, 3.8) is 0 Å². The van der Waals surface area contributed by atoms with E-state index in [0.717, 1.165) is 10.0 Å². The Morgan fingerprint density at radius 1 is 1.33 bits per heavy atom. The number of benzene rings is 1. The fraction of sp³-hybridized carbons (Fsp3) is 0.333. The molecule has 6 heteroatoms. The molecule has 1 rings (SSSR count). The predicted molar refractivity (Wildman–Crippen MR) is 71.2 cm³/mol. The van der Waals surface area contributed by atoms with Crippen LogP contribution in [0.1, 0.15) is 19.4 Å². The van der Waals surface area contributed by atoms with Gasteiger partial charge in [-0.15, -0.1) is 0 Å². The standard InChI is InChI=1S/C12H15BrN2O3/c1-12(2,10(16)17)15-11(18)14-7-8-5-3-4-6-9(8)13/h3-6H,7H2,1-2H3,(H,16,17)(H2,14,15,18). The number of carbonyl (C=O) groups excluding carboxylic acids is 1. The van der Waals surface area contributed by atoms with Crippen LogP contribution in [0, 0.1) is 0 Å². The van der Waals surface area contributed by atoms with Crippen LogP contribution in [0.15, 0.2) is 28.7 Å². The number of urea groups is 1. The zero-order valence-electron chi connectivity index (χ0n) is 10.2. The normalized spacial score (nSPS) is 10.8. The van der Waals surface area contributed by atoms with Gasteiger partial charge in [-0.2, -0.15) is 0 Å². The van der Waals surface area contributed by atoms with Gasteiger partial charge < -0.3 is 15.7 Å². The van der Waals surface area contributed by atoms with Gasteiger partial charge in [-0.05, 0) is 25.5 Å². The molecule has 0 aliphatic heterocycles. The van der Waals surface area contributed by atoms with Crippen LogP contribution in [0.2, 0.25) is 0 Å². The Kier molecular flexibility index (Phi) is 4.72. The van der Waals surface area contributed by atoms with E-state index in [4.69, 9.17) is 5.11 Å². The van der Waals surface area contributed by atoms with Gasteiger partial charge in [-0.3, -0.25) is 0 Å². The number of amides is 2. The molecule has 0 spiro atoms. The molecule has 0 aliphatic rings. The predicted octanol–water partition coefficient (Wildman–Crippen LogP) is 2.11. The topological polar surface area (TPSA) is 78.4 Å². The van der Waals surface area contributed by atoms with E-state index in [1.54, 1.807) is 0 Å². The Bertz CT molecular complexity index is 460. The van der Waals surface area contributed by atoms with Crippen LogP contribution < -0.4 is 10.6 Å². The Morgan fingerprint density at radius 2 is 1.94 bits per heavy atom. The average Bonchev–Trinajstić information content (AvgIpc) is 2.27. The van der Waals surface area contributed by atoms with Crippen molar-refractivity contribution in [2.24, 2.45) is 0 Å². The Morgan fingerprint density at radius 3 is 2.50 bits per heavy atom. The van der Waals surface area contributed by atoms with Crippen LogP contribution in [0.5, 0.6) is 0 Å². The van der Waals surface area contributed by atoms with Gasteiger partial charge in [0.2, 0.25) is 0 Å². The van der Waals surface area contributed by atoms with E-state index in [-0.39, 0.29) is 0 Å². The molecule has 1 aromatic rings. The van der Waals surface area contributed by atoms with Crippen molar-refractivity contribution in [1.82, 2.24) is 10.6 Å². The fourth-order valence-corrected chi connectivity index (χ4v) is 1.62. The molecule has 0 saturated carbocycles. The third kappa shape index (κ3) is 4.03. The van der Waals surface area contributed by atoms with Gasteiger partial charge in [0, 0.05) is 11.0 Å². The number of nitrogens with one attached hydrogen (secondary N) is 2. The molecule has 0 unspecified atom stereocenters. The van der Waals surface area contributed by atoms with Crippen molar-refractivity contribution in [3.05, 3.63) is 34.3 Å². The molecule has 0 fully saturated rings. The van der Waals surface area contributed by atoms with E-state index in [2.05, 4.69) is 26.6 Å². The second kappa shape index (κ2) is 5.86. The van der Waals surface area contributed by atoms with E-state index in [9.17, 15) is 9.59 Å². The Hall–Kier alpha value is -1.56. The van der Waals surface area contributed by atoms with E-state index >= 15 is 0 Å². The van der Waals surface area contributed by atoms with E-state index in [1.807, 2.05) is 24.3 Å². The maximum Gasteiger partial charge on any atom is 0.328 e. The molecular weight excluding hydrogens is 300 g/mol. The summed E-state index contributed by atoms with van der Waals surface area (Å²) in [4.78, 5) is 22.4. The van der Waals surface area contributed by atoms with Crippen LogP contribution in [0.3, 0.4) is 0 Å². The number of carbonyl (C=O) groups is 2. The third-order valence-electron chi connectivity index (χ3n) is 2.36. The number of hydrogen-bond donors (Lipinski definition) is 3. The number of carboxylic acid groups (broad SMARTS) is 1. The van der Waals surface area contributed by atoms with Gasteiger partial charge in [0.1, 0.15) is 5.54 Å². The minimum atomic E-state index is -1.29. The molecular formula is C12H15BrN2O3. The summed E-state index contributed by atoms with van der Waals surface area (Å²) in [5, 5.41) is 13.9. The molecule has 1 aromatic carbocycles. The molecule has 0 aromatic heterocycles. The summed E-state index contributed by atoms with van der Waals surface area (Å²) < 4.78 is 0.891. The van der Waals surface area contributed by atoms with Crippen LogP contribution in [0.25, 0.3) is 0 Å². The summed E-state index contributed by atoms with van der Waals surface area (Å²) in [5.74, 6) is -1.08. The highest BCUT2D eigenvalue weighted by molar-refractivity contribution is 9.10. The molecule has 98 valence electrons. The molecule has 0 heterocycles. The third-order valence-corrected chi connectivity index (χ3v) is 3.13. The van der Waals surface area contributed by atoms with E-state index in [0.29, 0.717) is 6.54 Å². The smallest absolute Gasteiger partial charge is 0.328 e. The van der Waals surface area contributed by atoms with Gasteiger partial charge in [-0.25, -0.2) is 9.59 Å². The fourth-order valence-electron chi connectivity index (χ4n) is 1.20. The lowest BCUT2D eigenvalue weighted by molar-refractivity contribution is -0.142. The van der Waals surface area contributed by atoms with Crippen molar-refractivity contribution in [2.45, 2.75) is 25.9 Å². The molecule has 5 nitrogen and oxygen atoms in total. The van der Waals surface area contributed by atoms with Crippen molar-refractivity contribution < 1.29 is 14.7 Å². The lowest BCUT2D eigenvalue weighted by Crippen LogP contribution is -2.53. The molecule has 0 bridgehead atoms. The summed E-state index contributed by atoms with van der Waals surface area (Å²) in [5.41, 5.74) is -0.376. The summed E-state index contributed by atoms with van der Waals surface area (Å²) in [7, 11) is 0. The zero-order chi connectivity index (χ0) is 13.8. The van der Waals surface area contributed by atoms with Crippen LogP contribution >= 0.6 is 15.9 Å².